The number of halogens is 4. The van der Waals surface area contributed by atoms with E-state index in [9.17, 15) is 18.0 Å². The molecule has 2 nitrogen and oxygen atoms in total. The number of benzene rings is 2. The lowest BCUT2D eigenvalue weighted by Gasteiger charge is -2.33. The molecular formula is C20H19BrF3NO. The molecule has 1 aliphatic carbocycles. The van der Waals surface area contributed by atoms with Gasteiger partial charge in [-0.2, -0.15) is 13.2 Å². The molecule has 0 bridgehead atoms. The fourth-order valence-electron chi connectivity index (χ4n) is 3.63. The van der Waals surface area contributed by atoms with Crippen LogP contribution >= 0.6 is 15.9 Å². The van der Waals surface area contributed by atoms with E-state index < -0.39 is 17.6 Å². The van der Waals surface area contributed by atoms with Crippen LogP contribution in [0.1, 0.15) is 53.1 Å². The molecule has 0 saturated heterocycles. The summed E-state index contributed by atoms with van der Waals surface area (Å²) in [5.41, 5.74) is -0.135. The number of alkyl halides is 3. The van der Waals surface area contributed by atoms with Gasteiger partial charge in [0, 0.05) is 16.4 Å². The summed E-state index contributed by atoms with van der Waals surface area (Å²) in [6.07, 6.45) is -0.910. The van der Waals surface area contributed by atoms with Gasteiger partial charge in [-0.1, -0.05) is 59.1 Å². The summed E-state index contributed by atoms with van der Waals surface area (Å²) in [6.45, 7) is 0. The second kappa shape index (κ2) is 7.82. The van der Waals surface area contributed by atoms with E-state index in [1.54, 1.807) is 0 Å². The highest BCUT2D eigenvalue weighted by molar-refractivity contribution is 9.10. The minimum Gasteiger partial charge on any atom is -0.349 e. The first-order valence-corrected chi connectivity index (χ1v) is 9.38. The van der Waals surface area contributed by atoms with Crippen molar-refractivity contribution in [2.24, 2.45) is 0 Å². The Morgan fingerprint density at radius 2 is 1.65 bits per heavy atom. The maximum Gasteiger partial charge on any atom is 0.417 e. The topological polar surface area (TPSA) is 29.1 Å². The number of hydrogen-bond donors (Lipinski definition) is 1. The Morgan fingerprint density at radius 3 is 2.38 bits per heavy atom. The van der Waals surface area contributed by atoms with Crippen LogP contribution in [0.4, 0.5) is 13.2 Å². The van der Waals surface area contributed by atoms with Crippen LogP contribution in [0.2, 0.25) is 0 Å². The molecule has 2 aromatic carbocycles. The lowest BCUT2D eigenvalue weighted by Crippen LogP contribution is -2.41. The van der Waals surface area contributed by atoms with E-state index in [1.807, 2.05) is 24.3 Å². The van der Waals surface area contributed by atoms with Crippen LogP contribution < -0.4 is 5.32 Å². The quantitative estimate of drug-likeness (QED) is 0.648. The Bertz CT molecular complexity index is 791. The first kappa shape index (κ1) is 19.0. The average Bonchev–Trinajstić information content (AvgIpc) is 2.62. The summed E-state index contributed by atoms with van der Waals surface area (Å²) in [6, 6.07) is 12.5. The first-order valence-electron chi connectivity index (χ1n) is 8.59. The van der Waals surface area contributed by atoms with Gasteiger partial charge in [-0.15, -0.1) is 0 Å². The van der Waals surface area contributed by atoms with Crippen LogP contribution in [0.25, 0.3) is 0 Å². The number of amides is 1. The summed E-state index contributed by atoms with van der Waals surface area (Å²) in [5.74, 6) is -0.580. The largest absolute Gasteiger partial charge is 0.417 e. The van der Waals surface area contributed by atoms with Gasteiger partial charge in [-0.05, 0) is 36.6 Å². The van der Waals surface area contributed by atoms with Crippen molar-refractivity contribution in [3.63, 3.8) is 0 Å². The fraction of sp³-hybridized carbons (Fsp3) is 0.350. The van der Waals surface area contributed by atoms with E-state index in [1.165, 1.54) is 18.2 Å². The summed E-state index contributed by atoms with van der Waals surface area (Å²) in [5, 5.41) is 2.86. The van der Waals surface area contributed by atoms with E-state index in [4.69, 9.17) is 0 Å². The maximum absolute atomic E-state index is 13.2. The van der Waals surface area contributed by atoms with Gasteiger partial charge >= 0.3 is 6.18 Å². The smallest absolute Gasteiger partial charge is 0.349 e. The Kier molecular flexibility index (Phi) is 5.70. The van der Waals surface area contributed by atoms with Crippen molar-refractivity contribution in [3.8, 4) is 0 Å². The molecule has 1 amide bonds. The Balaban J connectivity index is 1.85. The summed E-state index contributed by atoms with van der Waals surface area (Å²) in [4.78, 5) is 12.6. The molecule has 0 heterocycles. The fourth-order valence-corrected chi connectivity index (χ4v) is 4.20. The molecular weight excluding hydrogens is 407 g/mol. The standard InChI is InChI=1S/C20H19BrF3NO/c21-17-11-5-2-7-13(17)14-8-3-6-12-18(14)25-19(26)15-9-1-4-10-16(15)20(22,23)24/h1-2,4-5,7,9-11,14,18H,3,6,8,12H2,(H,25,26)/t14-,18-/m1/s1. The number of hydrogen-bond acceptors (Lipinski definition) is 1. The molecule has 1 fully saturated rings. The molecule has 0 aromatic heterocycles. The summed E-state index contributed by atoms with van der Waals surface area (Å²) in [7, 11) is 0. The molecule has 0 aliphatic heterocycles. The number of nitrogens with one attached hydrogen (secondary N) is 1. The van der Waals surface area contributed by atoms with E-state index in [0.717, 1.165) is 41.8 Å². The molecule has 2 aromatic rings. The molecule has 3 rings (SSSR count). The number of rotatable bonds is 3. The van der Waals surface area contributed by atoms with Crippen LogP contribution in [0.15, 0.2) is 53.0 Å². The van der Waals surface area contributed by atoms with Gasteiger partial charge in [-0.3, -0.25) is 4.79 Å². The van der Waals surface area contributed by atoms with E-state index in [-0.39, 0.29) is 17.5 Å². The first-order chi connectivity index (χ1) is 12.4. The predicted octanol–water partition coefficient (Wildman–Crippen LogP) is 5.92. The predicted molar refractivity (Wildman–Crippen MR) is 98.0 cm³/mol. The molecule has 2 atom stereocenters. The SMILES string of the molecule is O=C(N[C@@H]1CCCC[C@@H]1c1ccccc1Br)c1ccccc1C(F)(F)F. The van der Waals surface area contributed by atoms with Crippen molar-refractivity contribution in [1.29, 1.82) is 0 Å². The lowest BCUT2D eigenvalue weighted by molar-refractivity contribution is -0.137. The van der Waals surface area contributed by atoms with Crippen LogP contribution in [-0.4, -0.2) is 11.9 Å². The molecule has 6 heteroatoms. The van der Waals surface area contributed by atoms with Crippen molar-refractivity contribution in [1.82, 2.24) is 5.32 Å². The van der Waals surface area contributed by atoms with E-state index in [2.05, 4.69) is 21.2 Å². The third kappa shape index (κ3) is 4.11. The van der Waals surface area contributed by atoms with Crippen LogP contribution in [0, 0.1) is 0 Å². The summed E-state index contributed by atoms with van der Waals surface area (Å²) < 4.78 is 40.5. The minimum absolute atomic E-state index is 0.0846. The molecule has 1 aliphatic rings. The second-order valence-corrected chi connectivity index (χ2v) is 7.39. The third-order valence-electron chi connectivity index (χ3n) is 4.86. The normalized spacial score (nSPS) is 20.6. The highest BCUT2D eigenvalue weighted by Crippen LogP contribution is 2.37. The van der Waals surface area contributed by atoms with Gasteiger partial charge in [0.05, 0.1) is 11.1 Å². The van der Waals surface area contributed by atoms with Gasteiger partial charge < -0.3 is 5.32 Å². The van der Waals surface area contributed by atoms with Crippen LogP contribution in [0.5, 0.6) is 0 Å². The molecule has 0 radical (unpaired) electrons. The Hall–Kier alpha value is -1.82. The van der Waals surface area contributed by atoms with E-state index in [0.29, 0.717) is 0 Å². The highest BCUT2D eigenvalue weighted by Gasteiger charge is 2.36. The minimum atomic E-state index is -4.55. The lowest BCUT2D eigenvalue weighted by atomic mass is 9.80. The maximum atomic E-state index is 13.2. The molecule has 26 heavy (non-hydrogen) atoms. The van der Waals surface area contributed by atoms with Gasteiger partial charge in [0.1, 0.15) is 0 Å². The van der Waals surface area contributed by atoms with Gasteiger partial charge in [0.15, 0.2) is 0 Å². The van der Waals surface area contributed by atoms with Gasteiger partial charge in [-0.25, -0.2) is 0 Å². The van der Waals surface area contributed by atoms with Crippen molar-refractivity contribution in [2.75, 3.05) is 0 Å². The Morgan fingerprint density at radius 1 is 1.00 bits per heavy atom. The molecule has 138 valence electrons. The molecule has 0 unspecified atom stereocenters. The zero-order valence-corrected chi connectivity index (χ0v) is 15.6. The van der Waals surface area contributed by atoms with Crippen molar-refractivity contribution in [3.05, 3.63) is 69.7 Å². The summed E-state index contributed by atoms with van der Waals surface area (Å²) >= 11 is 3.55. The van der Waals surface area contributed by atoms with Crippen molar-refractivity contribution < 1.29 is 18.0 Å². The number of carbonyl (C=O) groups excluding carboxylic acids is 1. The van der Waals surface area contributed by atoms with Gasteiger partial charge in [0.2, 0.25) is 0 Å². The third-order valence-corrected chi connectivity index (χ3v) is 5.59. The van der Waals surface area contributed by atoms with Gasteiger partial charge in [0.25, 0.3) is 5.91 Å². The Labute approximate surface area is 158 Å². The average molecular weight is 426 g/mol. The monoisotopic (exact) mass is 425 g/mol. The zero-order chi connectivity index (χ0) is 18.7. The second-order valence-electron chi connectivity index (χ2n) is 6.54. The van der Waals surface area contributed by atoms with Crippen LogP contribution in [0.3, 0.4) is 0 Å². The molecule has 0 spiro atoms. The number of carbonyl (C=O) groups is 1. The van der Waals surface area contributed by atoms with E-state index >= 15 is 0 Å². The van der Waals surface area contributed by atoms with Crippen molar-refractivity contribution >= 4 is 21.8 Å². The zero-order valence-electron chi connectivity index (χ0n) is 14.0. The highest BCUT2D eigenvalue weighted by atomic mass is 79.9. The van der Waals surface area contributed by atoms with Crippen molar-refractivity contribution in [2.45, 2.75) is 43.8 Å². The van der Waals surface area contributed by atoms with Crippen LogP contribution in [-0.2, 0) is 6.18 Å². The molecule has 1 N–H and O–H groups in total. The molecule has 1 saturated carbocycles.